The summed E-state index contributed by atoms with van der Waals surface area (Å²) in [5, 5.41) is 0. The fourth-order valence-corrected chi connectivity index (χ4v) is 1.42. The van der Waals surface area contributed by atoms with Crippen molar-refractivity contribution in [2.75, 3.05) is 5.73 Å². The Bertz CT molecular complexity index is 368. The number of hydrogen-bond acceptors (Lipinski definition) is 1. The minimum Gasteiger partial charge on any atom is -0.399 e. The highest BCUT2D eigenvalue weighted by atomic mass is 14.5. The Morgan fingerprint density at radius 1 is 0.714 bits per heavy atom. The quantitative estimate of drug-likeness (QED) is 0.675. The molecule has 0 radical (unpaired) electrons. The topological polar surface area (TPSA) is 26.0 Å². The van der Waals surface area contributed by atoms with Crippen LogP contribution < -0.4 is 5.73 Å². The Morgan fingerprint density at radius 3 is 1.64 bits per heavy atom. The van der Waals surface area contributed by atoms with E-state index in [1.54, 1.807) is 0 Å². The standard InChI is InChI=1S/C13H13N/c1-10-2-4-11(5-3-10)12-6-8-13(14)9-7-12/h2-9H,14H2,1H3. The SMILES string of the molecule is Cc1ccc(-c2ccc(N)cc2)cc1. The van der Waals surface area contributed by atoms with Crippen molar-refractivity contribution >= 4 is 5.69 Å². The lowest BCUT2D eigenvalue weighted by Gasteiger charge is -2.02. The molecule has 1 nitrogen and oxygen atoms in total. The second kappa shape index (κ2) is 3.54. The third-order valence-electron chi connectivity index (χ3n) is 2.30. The maximum atomic E-state index is 5.63. The van der Waals surface area contributed by atoms with Crippen molar-refractivity contribution in [1.82, 2.24) is 0 Å². The molecule has 0 saturated heterocycles. The highest BCUT2D eigenvalue weighted by Crippen LogP contribution is 2.20. The highest BCUT2D eigenvalue weighted by molar-refractivity contribution is 5.65. The summed E-state index contributed by atoms with van der Waals surface area (Å²) in [7, 11) is 0. The van der Waals surface area contributed by atoms with Crippen LogP contribution in [-0.4, -0.2) is 0 Å². The van der Waals surface area contributed by atoms with E-state index in [-0.39, 0.29) is 0 Å². The number of benzene rings is 2. The Balaban J connectivity index is 2.40. The maximum absolute atomic E-state index is 5.63. The third-order valence-corrected chi connectivity index (χ3v) is 2.30. The maximum Gasteiger partial charge on any atom is 0.0314 e. The zero-order valence-electron chi connectivity index (χ0n) is 8.20. The monoisotopic (exact) mass is 183 g/mol. The van der Waals surface area contributed by atoms with Crippen LogP contribution in [0.2, 0.25) is 0 Å². The number of nitrogen functional groups attached to an aromatic ring is 1. The van der Waals surface area contributed by atoms with Gasteiger partial charge in [-0.15, -0.1) is 0 Å². The largest absolute Gasteiger partial charge is 0.399 e. The van der Waals surface area contributed by atoms with Crippen LogP contribution >= 0.6 is 0 Å². The van der Waals surface area contributed by atoms with Gasteiger partial charge < -0.3 is 5.73 Å². The fraction of sp³-hybridized carbons (Fsp3) is 0.0769. The lowest BCUT2D eigenvalue weighted by Crippen LogP contribution is -1.83. The highest BCUT2D eigenvalue weighted by Gasteiger charge is 1.95. The Labute approximate surface area is 84.2 Å². The number of rotatable bonds is 1. The summed E-state index contributed by atoms with van der Waals surface area (Å²) in [6.45, 7) is 2.09. The van der Waals surface area contributed by atoms with E-state index in [2.05, 4.69) is 31.2 Å². The molecule has 0 spiro atoms. The zero-order chi connectivity index (χ0) is 9.97. The molecule has 0 bridgehead atoms. The lowest BCUT2D eigenvalue weighted by molar-refractivity contribution is 1.47. The van der Waals surface area contributed by atoms with E-state index in [0.29, 0.717) is 0 Å². The zero-order valence-corrected chi connectivity index (χ0v) is 8.20. The second-order valence-electron chi connectivity index (χ2n) is 3.49. The van der Waals surface area contributed by atoms with Gasteiger partial charge in [0.25, 0.3) is 0 Å². The Kier molecular flexibility index (Phi) is 2.23. The molecule has 0 fully saturated rings. The molecule has 0 aliphatic heterocycles. The first-order chi connectivity index (χ1) is 6.75. The Hall–Kier alpha value is -1.76. The van der Waals surface area contributed by atoms with E-state index in [0.717, 1.165) is 5.69 Å². The number of aryl methyl sites for hydroxylation is 1. The fourth-order valence-electron chi connectivity index (χ4n) is 1.42. The summed E-state index contributed by atoms with van der Waals surface area (Å²) < 4.78 is 0. The molecule has 0 aliphatic carbocycles. The summed E-state index contributed by atoms with van der Waals surface area (Å²) in [6.07, 6.45) is 0. The molecular weight excluding hydrogens is 170 g/mol. The number of anilines is 1. The van der Waals surface area contributed by atoms with Gasteiger partial charge in [0.15, 0.2) is 0 Å². The molecule has 0 unspecified atom stereocenters. The van der Waals surface area contributed by atoms with Gasteiger partial charge in [0, 0.05) is 5.69 Å². The van der Waals surface area contributed by atoms with Crippen LogP contribution in [0.5, 0.6) is 0 Å². The van der Waals surface area contributed by atoms with E-state index >= 15 is 0 Å². The van der Waals surface area contributed by atoms with Gasteiger partial charge in [-0.2, -0.15) is 0 Å². The van der Waals surface area contributed by atoms with Gasteiger partial charge in [0.1, 0.15) is 0 Å². The minimum absolute atomic E-state index is 0.806. The molecule has 1 heteroatoms. The van der Waals surface area contributed by atoms with E-state index < -0.39 is 0 Å². The molecule has 2 N–H and O–H groups in total. The molecular formula is C13H13N. The van der Waals surface area contributed by atoms with Gasteiger partial charge >= 0.3 is 0 Å². The van der Waals surface area contributed by atoms with Crippen LogP contribution in [0.15, 0.2) is 48.5 Å². The van der Waals surface area contributed by atoms with Crippen LogP contribution in [0.1, 0.15) is 5.56 Å². The Morgan fingerprint density at radius 2 is 1.14 bits per heavy atom. The first-order valence-corrected chi connectivity index (χ1v) is 4.68. The predicted octanol–water partition coefficient (Wildman–Crippen LogP) is 3.24. The summed E-state index contributed by atoms with van der Waals surface area (Å²) in [5.41, 5.74) is 10.2. The summed E-state index contributed by atoms with van der Waals surface area (Å²) in [4.78, 5) is 0. The van der Waals surface area contributed by atoms with Crippen molar-refractivity contribution in [1.29, 1.82) is 0 Å². The van der Waals surface area contributed by atoms with Crippen molar-refractivity contribution in [3.05, 3.63) is 54.1 Å². The van der Waals surface area contributed by atoms with Crippen LogP contribution in [0, 0.1) is 6.92 Å². The summed E-state index contributed by atoms with van der Waals surface area (Å²) in [5.74, 6) is 0. The first-order valence-electron chi connectivity index (χ1n) is 4.68. The molecule has 2 rings (SSSR count). The molecule has 14 heavy (non-hydrogen) atoms. The molecule has 0 amide bonds. The number of hydrogen-bond donors (Lipinski definition) is 1. The van der Waals surface area contributed by atoms with Gasteiger partial charge in [0.2, 0.25) is 0 Å². The van der Waals surface area contributed by atoms with E-state index in [9.17, 15) is 0 Å². The summed E-state index contributed by atoms with van der Waals surface area (Å²) >= 11 is 0. The van der Waals surface area contributed by atoms with Gasteiger partial charge in [-0.25, -0.2) is 0 Å². The third kappa shape index (κ3) is 1.77. The van der Waals surface area contributed by atoms with Gasteiger partial charge in [-0.1, -0.05) is 42.0 Å². The van der Waals surface area contributed by atoms with E-state index in [1.807, 2.05) is 24.3 Å². The molecule has 70 valence electrons. The smallest absolute Gasteiger partial charge is 0.0314 e. The average molecular weight is 183 g/mol. The number of nitrogens with two attached hydrogens (primary N) is 1. The minimum atomic E-state index is 0.806. The molecule has 0 saturated carbocycles. The van der Waals surface area contributed by atoms with Crippen LogP contribution in [0.25, 0.3) is 11.1 Å². The first kappa shape index (κ1) is 8.82. The van der Waals surface area contributed by atoms with Crippen molar-refractivity contribution in [3.63, 3.8) is 0 Å². The van der Waals surface area contributed by atoms with Gasteiger partial charge in [0.05, 0.1) is 0 Å². The van der Waals surface area contributed by atoms with Crippen LogP contribution in [0.3, 0.4) is 0 Å². The second-order valence-corrected chi connectivity index (χ2v) is 3.49. The molecule has 0 atom stereocenters. The van der Waals surface area contributed by atoms with Crippen molar-refractivity contribution in [2.24, 2.45) is 0 Å². The van der Waals surface area contributed by atoms with E-state index in [4.69, 9.17) is 5.73 Å². The van der Waals surface area contributed by atoms with Gasteiger partial charge in [-0.3, -0.25) is 0 Å². The normalized spacial score (nSPS) is 10.1. The van der Waals surface area contributed by atoms with Crippen molar-refractivity contribution in [2.45, 2.75) is 6.92 Å². The van der Waals surface area contributed by atoms with E-state index in [1.165, 1.54) is 16.7 Å². The molecule has 0 heterocycles. The predicted molar refractivity (Wildman–Crippen MR) is 61.0 cm³/mol. The molecule has 0 aliphatic rings. The lowest BCUT2D eigenvalue weighted by atomic mass is 10.0. The molecule has 2 aromatic carbocycles. The molecule has 0 aromatic heterocycles. The molecule has 2 aromatic rings. The van der Waals surface area contributed by atoms with Crippen LogP contribution in [0.4, 0.5) is 5.69 Å². The summed E-state index contributed by atoms with van der Waals surface area (Å²) in [6, 6.07) is 16.4. The van der Waals surface area contributed by atoms with Gasteiger partial charge in [-0.05, 0) is 30.2 Å². The van der Waals surface area contributed by atoms with Crippen molar-refractivity contribution in [3.8, 4) is 11.1 Å². The van der Waals surface area contributed by atoms with Crippen LogP contribution in [-0.2, 0) is 0 Å². The average Bonchev–Trinajstić information content (AvgIpc) is 2.21. The van der Waals surface area contributed by atoms with Crippen molar-refractivity contribution < 1.29 is 0 Å².